The molecule has 4 aliphatic rings. The third-order valence-corrected chi connectivity index (χ3v) is 8.13. The van der Waals surface area contributed by atoms with E-state index in [1.165, 1.54) is 0 Å². The smallest absolute Gasteiger partial charge is 0.233 e. The number of rotatable bonds is 3. The standard InChI is InChI=1S/C22H24Cl2N2O3/c23-14-5-8-17(16(24)10-14)25-20(27)11-3-6-15(7-4-11)26-21(28)18-12-1-2-13(9-12)19(18)22(26)29/h5,8,10-13,15,18-19H,1-4,6-7,9H2,(H,25,27)/t11?,12-,13+,15?,18-,19-/m0/s1. The van der Waals surface area contributed by atoms with Gasteiger partial charge in [0.1, 0.15) is 0 Å². The predicted molar refractivity (Wildman–Crippen MR) is 111 cm³/mol. The molecule has 1 aromatic carbocycles. The van der Waals surface area contributed by atoms with Crippen LogP contribution in [0, 0.1) is 29.6 Å². The summed E-state index contributed by atoms with van der Waals surface area (Å²) in [6, 6.07) is 4.94. The van der Waals surface area contributed by atoms with E-state index in [9.17, 15) is 14.4 Å². The second-order valence-corrected chi connectivity index (χ2v) is 9.89. The highest BCUT2D eigenvalue weighted by molar-refractivity contribution is 6.36. The van der Waals surface area contributed by atoms with Crippen LogP contribution >= 0.6 is 23.2 Å². The minimum Gasteiger partial charge on any atom is -0.325 e. The summed E-state index contributed by atoms with van der Waals surface area (Å²) in [6.07, 6.45) is 5.97. The molecule has 4 atom stereocenters. The normalized spacial score (nSPS) is 35.9. The summed E-state index contributed by atoms with van der Waals surface area (Å²) in [5.74, 6) is 0.628. The van der Waals surface area contributed by atoms with Gasteiger partial charge >= 0.3 is 0 Å². The lowest BCUT2D eigenvalue weighted by Crippen LogP contribution is -2.44. The minimum atomic E-state index is -0.138. The van der Waals surface area contributed by atoms with Crippen LogP contribution < -0.4 is 5.32 Å². The van der Waals surface area contributed by atoms with Crippen LogP contribution in [0.25, 0.3) is 0 Å². The minimum absolute atomic E-state index is 0.0526. The SMILES string of the molecule is O=C(Nc1ccc(Cl)cc1Cl)C1CCC(N2C(=O)[C@H]3[C@@H]4CC[C@@H](C4)[C@@H]3C2=O)CC1. The molecule has 5 nitrogen and oxygen atoms in total. The number of imide groups is 1. The summed E-state index contributed by atoms with van der Waals surface area (Å²) in [6.45, 7) is 0. The summed E-state index contributed by atoms with van der Waals surface area (Å²) in [4.78, 5) is 40.3. The van der Waals surface area contributed by atoms with Crippen LogP contribution in [0.15, 0.2) is 18.2 Å². The molecule has 3 amide bonds. The van der Waals surface area contributed by atoms with Crippen molar-refractivity contribution in [2.45, 2.75) is 51.0 Å². The Labute approximate surface area is 180 Å². The Hall–Kier alpha value is -1.59. The Morgan fingerprint density at radius 2 is 1.55 bits per heavy atom. The number of fused-ring (bicyclic) bond motifs is 5. The van der Waals surface area contributed by atoms with E-state index in [-0.39, 0.29) is 41.5 Å². The number of hydrogen-bond acceptors (Lipinski definition) is 3. The van der Waals surface area contributed by atoms with E-state index in [0.717, 1.165) is 19.3 Å². The molecule has 29 heavy (non-hydrogen) atoms. The molecular weight excluding hydrogens is 411 g/mol. The third kappa shape index (κ3) is 3.17. The number of anilines is 1. The molecule has 3 aliphatic carbocycles. The second kappa shape index (κ2) is 7.28. The first-order chi connectivity index (χ1) is 13.9. The van der Waals surface area contributed by atoms with Crippen molar-refractivity contribution in [2.24, 2.45) is 29.6 Å². The number of carbonyl (C=O) groups is 3. The third-order valence-electron chi connectivity index (χ3n) is 7.58. The van der Waals surface area contributed by atoms with Gasteiger partial charge in [0.2, 0.25) is 17.7 Å². The Kier molecular flexibility index (Phi) is 4.86. The van der Waals surface area contributed by atoms with E-state index < -0.39 is 0 Å². The van der Waals surface area contributed by atoms with Gasteiger partial charge in [0.15, 0.2) is 0 Å². The van der Waals surface area contributed by atoms with E-state index in [1.54, 1.807) is 23.1 Å². The van der Waals surface area contributed by atoms with Crippen LogP contribution in [0.3, 0.4) is 0 Å². The molecule has 4 fully saturated rings. The molecule has 1 aromatic rings. The van der Waals surface area contributed by atoms with Crippen molar-refractivity contribution in [1.29, 1.82) is 0 Å². The van der Waals surface area contributed by atoms with Gasteiger partial charge in [-0.05, 0) is 75.0 Å². The maximum Gasteiger partial charge on any atom is 0.233 e. The lowest BCUT2D eigenvalue weighted by Gasteiger charge is -2.33. The highest BCUT2D eigenvalue weighted by Gasteiger charge is 2.61. The van der Waals surface area contributed by atoms with Crippen molar-refractivity contribution in [3.8, 4) is 0 Å². The quantitative estimate of drug-likeness (QED) is 0.710. The van der Waals surface area contributed by atoms with Crippen molar-refractivity contribution in [1.82, 2.24) is 4.90 Å². The zero-order chi connectivity index (χ0) is 20.3. The van der Waals surface area contributed by atoms with Crippen LogP contribution in [0.2, 0.25) is 10.0 Å². The van der Waals surface area contributed by atoms with Crippen LogP contribution in [0.4, 0.5) is 5.69 Å². The molecule has 1 heterocycles. The molecule has 1 N–H and O–H groups in total. The number of amides is 3. The lowest BCUT2D eigenvalue weighted by atomic mass is 9.81. The first kappa shape index (κ1) is 19.4. The van der Waals surface area contributed by atoms with Crippen molar-refractivity contribution in [2.75, 3.05) is 5.32 Å². The Morgan fingerprint density at radius 3 is 2.14 bits per heavy atom. The fourth-order valence-electron chi connectivity index (χ4n) is 6.21. The van der Waals surface area contributed by atoms with Gasteiger partial charge in [0.05, 0.1) is 22.5 Å². The van der Waals surface area contributed by atoms with Gasteiger partial charge in [-0.25, -0.2) is 0 Å². The Bertz CT molecular complexity index is 853. The molecule has 3 saturated carbocycles. The first-order valence-electron chi connectivity index (χ1n) is 10.6. The van der Waals surface area contributed by atoms with E-state index >= 15 is 0 Å². The van der Waals surface area contributed by atoms with Crippen molar-refractivity contribution in [3.63, 3.8) is 0 Å². The highest BCUT2D eigenvalue weighted by atomic mass is 35.5. The Morgan fingerprint density at radius 1 is 0.931 bits per heavy atom. The van der Waals surface area contributed by atoms with Gasteiger partial charge < -0.3 is 5.32 Å². The number of nitrogens with zero attached hydrogens (tertiary/aromatic N) is 1. The zero-order valence-electron chi connectivity index (χ0n) is 16.1. The fraction of sp³-hybridized carbons (Fsp3) is 0.591. The van der Waals surface area contributed by atoms with Crippen molar-refractivity contribution < 1.29 is 14.4 Å². The molecule has 5 rings (SSSR count). The monoisotopic (exact) mass is 434 g/mol. The van der Waals surface area contributed by atoms with Gasteiger partial charge in [-0.3, -0.25) is 19.3 Å². The molecule has 0 radical (unpaired) electrons. The summed E-state index contributed by atoms with van der Waals surface area (Å²) < 4.78 is 0. The average molecular weight is 435 g/mol. The van der Waals surface area contributed by atoms with Gasteiger partial charge in [-0.1, -0.05) is 23.2 Å². The molecule has 0 unspecified atom stereocenters. The molecule has 7 heteroatoms. The largest absolute Gasteiger partial charge is 0.325 e. The summed E-state index contributed by atoms with van der Waals surface area (Å²) in [7, 11) is 0. The molecule has 2 bridgehead atoms. The van der Waals surface area contributed by atoms with Crippen LogP contribution in [-0.2, 0) is 14.4 Å². The number of benzene rings is 1. The molecular formula is C22H24Cl2N2O3. The number of likely N-dealkylation sites (tertiary alicyclic amines) is 1. The van der Waals surface area contributed by atoms with E-state index in [0.29, 0.717) is 53.3 Å². The van der Waals surface area contributed by atoms with Gasteiger partial charge in [-0.15, -0.1) is 0 Å². The lowest BCUT2D eigenvalue weighted by molar-refractivity contribution is -0.144. The summed E-state index contributed by atoms with van der Waals surface area (Å²) >= 11 is 12.1. The molecule has 154 valence electrons. The molecule has 0 aromatic heterocycles. The Balaban J connectivity index is 1.21. The number of nitrogens with one attached hydrogen (secondary N) is 1. The number of halogens is 2. The van der Waals surface area contributed by atoms with Gasteiger partial charge in [-0.2, -0.15) is 0 Å². The van der Waals surface area contributed by atoms with Crippen molar-refractivity contribution >= 4 is 46.6 Å². The van der Waals surface area contributed by atoms with Crippen LogP contribution in [0.1, 0.15) is 44.9 Å². The van der Waals surface area contributed by atoms with E-state index in [1.807, 2.05) is 0 Å². The van der Waals surface area contributed by atoms with Gasteiger partial charge in [0.25, 0.3) is 0 Å². The second-order valence-electron chi connectivity index (χ2n) is 9.05. The first-order valence-corrected chi connectivity index (χ1v) is 11.3. The summed E-state index contributed by atoms with van der Waals surface area (Å²) in [5.41, 5.74) is 0.552. The van der Waals surface area contributed by atoms with E-state index in [2.05, 4.69) is 5.32 Å². The van der Waals surface area contributed by atoms with Gasteiger partial charge in [0, 0.05) is 17.0 Å². The zero-order valence-corrected chi connectivity index (χ0v) is 17.6. The number of carbonyl (C=O) groups excluding carboxylic acids is 3. The highest BCUT2D eigenvalue weighted by Crippen LogP contribution is 2.56. The van der Waals surface area contributed by atoms with E-state index in [4.69, 9.17) is 23.2 Å². The number of hydrogen-bond donors (Lipinski definition) is 1. The van der Waals surface area contributed by atoms with Crippen molar-refractivity contribution in [3.05, 3.63) is 28.2 Å². The molecule has 1 saturated heterocycles. The average Bonchev–Trinajstić information content (AvgIpc) is 3.38. The fourth-order valence-corrected chi connectivity index (χ4v) is 6.67. The topological polar surface area (TPSA) is 66.5 Å². The van der Waals surface area contributed by atoms with Crippen LogP contribution in [-0.4, -0.2) is 28.7 Å². The maximum atomic E-state index is 13.0. The van der Waals surface area contributed by atoms with Crippen LogP contribution in [0.5, 0.6) is 0 Å². The molecule has 0 spiro atoms. The predicted octanol–water partition coefficient (Wildman–Crippen LogP) is 4.52. The molecule has 1 aliphatic heterocycles. The maximum absolute atomic E-state index is 13.0. The summed E-state index contributed by atoms with van der Waals surface area (Å²) in [5, 5.41) is 3.82.